The maximum absolute atomic E-state index is 14.3. The van der Waals surface area contributed by atoms with Crippen LogP contribution in [0.4, 0.5) is 5.69 Å². The molecule has 8 rings (SSSR count). The Hall–Kier alpha value is -6.76. The van der Waals surface area contributed by atoms with Crippen molar-refractivity contribution in [3.05, 3.63) is 156 Å². The molecule has 214 valence electrons. The van der Waals surface area contributed by atoms with Gasteiger partial charge in [0.05, 0.1) is 56.8 Å². The molecule has 0 radical (unpaired) electrons. The number of aromatic nitrogens is 1. The van der Waals surface area contributed by atoms with Gasteiger partial charge < -0.3 is 4.57 Å². The van der Waals surface area contributed by atoms with Crippen LogP contribution in [0, 0.1) is 22.7 Å². The Kier molecular flexibility index (Phi) is 6.10. The number of para-hydroxylation sites is 3. The topological polar surface area (TPSA) is 89.9 Å². The Balaban J connectivity index is 1.54. The lowest BCUT2D eigenvalue weighted by Crippen LogP contribution is -2.29. The molecule has 6 heteroatoms. The van der Waals surface area contributed by atoms with Crippen molar-refractivity contribution in [3.63, 3.8) is 0 Å². The van der Waals surface area contributed by atoms with E-state index < -0.39 is 5.91 Å². The van der Waals surface area contributed by atoms with Crippen molar-refractivity contribution in [1.82, 2.24) is 4.57 Å². The average Bonchev–Trinajstić information content (AvgIpc) is 3.59. The van der Waals surface area contributed by atoms with Crippen molar-refractivity contribution < 1.29 is 9.59 Å². The maximum atomic E-state index is 14.3. The number of hydrogen-bond acceptors (Lipinski definition) is 4. The second-order valence-electron chi connectivity index (χ2n) is 11.0. The summed E-state index contributed by atoms with van der Waals surface area (Å²) >= 11 is 0. The lowest BCUT2D eigenvalue weighted by molar-refractivity contribution is 0.0926. The molecule has 1 aromatic heterocycles. The summed E-state index contributed by atoms with van der Waals surface area (Å²) in [5.74, 6) is -0.805. The van der Waals surface area contributed by atoms with Crippen LogP contribution in [0.15, 0.2) is 133 Å². The summed E-state index contributed by atoms with van der Waals surface area (Å²) < 4.78 is 2.04. The van der Waals surface area contributed by atoms with Crippen LogP contribution >= 0.6 is 0 Å². The second kappa shape index (κ2) is 10.4. The average molecular weight is 591 g/mol. The normalized spacial score (nSPS) is 12.3. The highest BCUT2D eigenvalue weighted by molar-refractivity contribution is 6.36. The van der Waals surface area contributed by atoms with Crippen molar-refractivity contribution in [2.45, 2.75) is 0 Å². The molecule has 6 aromatic carbocycles. The lowest BCUT2D eigenvalue weighted by atomic mass is 9.96. The third-order valence-corrected chi connectivity index (χ3v) is 8.63. The van der Waals surface area contributed by atoms with Gasteiger partial charge in [-0.3, -0.25) is 9.59 Å². The van der Waals surface area contributed by atoms with Crippen LogP contribution in [0.25, 0.3) is 49.7 Å². The van der Waals surface area contributed by atoms with E-state index in [4.69, 9.17) is 0 Å². The summed E-state index contributed by atoms with van der Waals surface area (Å²) in [6.07, 6.45) is 0. The summed E-state index contributed by atoms with van der Waals surface area (Å²) in [4.78, 5) is 29.4. The minimum Gasteiger partial charge on any atom is -0.307 e. The zero-order valence-electron chi connectivity index (χ0n) is 24.3. The molecule has 2 heterocycles. The van der Waals surface area contributed by atoms with Gasteiger partial charge in [0, 0.05) is 33.0 Å². The molecule has 6 nitrogen and oxygen atoms in total. The SMILES string of the molecule is N#Cc1ccccc1-c1cccc2c3cccc(-c4ccccc4C#N)c3n(-c3cccc4c3C(=O)N(c3ccccc3)C4=O)c12. The second-order valence-corrected chi connectivity index (χ2v) is 11.0. The summed E-state index contributed by atoms with van der Waals surface area (Å²) in [6, 6.07) is 45.7. The number of benzene rings is 6. The molecule has 2 amide bonds. The molecule has 0 bridgehead atoms. The summed E-state index contributed by atoms with van der Waals surface area (Å²) in [7, 11) is 0. The number of hydrogen-bond donors (Lipinski definition) is 0. The van der Waals surface area contributed by atoms with Crippen LogP contribution in [0.1, 0.15) is 31.8 Å². The van der Waals surface area contributed by atoms with Crippen LogP contribution in [0.5, 0.6) is 0 Å². The molecule has 0 atom stereocenters. The number of fused-ring (bicyclic) bond motifs is 4. The Labute approximate surface area is 264 Å². The third kappa shape index (κ3) is 3.81. The Morgan fingerprint density at radius 2 is 0.935 bits per heavy atom. The van der Waals surface area contributed by atoms with Gasteiger partial charge in [0.25, 0.3) is 11.8 Å². The van der Waals surface area contributed by atoms with Crippen LogP contribution in [0.2, 0.25) is 0 Å². The molecule has 1 aliphatic heterocycles. The molecule has 0 unspecified atom stereocenters. The Morgan fingerprint density at radius 3 is 1.50 bits per heavy atom. The molecule has 46 heavy (non-hydrogen) atoms. The van der Waals surface area contributed by atoms with E-state index in [0.717, 1.165) is 44.1 Å². The number of anilines is 1. The highest BCUT2D eigenvalue weighted by Gasteiger charge is 2.39. The number of imide groups is 1. The Bertz CT molecular complexity index is 2380. The van der Waals surface area contributed by atoms with Crippen molar-refractivity contribution in [3.8, 4) is 40.1 Å². The van der Waals surface area contributed by atoms with Gasteiger partial charge in [0.1, 0.15) is 0 Å². The van der Waals surface area contributed by atoms with Gasteiger partial charge in [-0.1, -0.05) is 97.1 Å². The molecule has 0 fully saturated rings. The number of carbonyl (C=O) groups excluding carboxylic acids is 2. The quantitative estimate of drug-likeness (QED) is 0.192. The molecule has 0 spiro atoms. The smallest absolute Gasteiger partial charge is 0.268 e. The predicted octanol–water partition coefficient (Wildman–Crippen LogP) is 8.66. The molecule has 0 saturated carbocycles. The van der Waals surface area contributed by atoms with Gasteiger partial charge >= 0.3 is 0 Å². The van der Waals surface area contributed by atoms with Gasteiger partial charge in [-0.25, -0.2) is 4.90 Å². The molecule has 0 aliphatic carbocycles. The van der Waals surface area contributed by atoms with Crippen LogP contribution in [0.3, 0.4) is 0 Å². The van der Waals surface area contributed by atoms with Crippen molar-refractivity contribution >= 4 is 39.3 Å². The zero-order chi connectivity index (χ0) is 31.4. The van der Waals surface area contributed by atoms with Crippen molar-refractivity contribution in [1.29, 1.82) is 10.5 Å². The monoisotopic (exact) mass is 590 g/mol. The first kappa shape index (κ1) is 26.8. The number of amides is 2. The molecule has 7 aromatic rings. The van der Waals surface area contributed by atoms with Gasteiger partial charge in [0.2, 0.25) is 0 Å². The van der Waals surface area contributed by atoms with E-state index in [1.807, 2.05) is 89.5 Å². The highest BCUT2D eigenvalue weighted by Crippen LogP contribution is 2.44. The first-order valence-corrected chi connectivity index (χ1v) is 14.7. The fourth-order valence-corrected chi connectivity index (χ4v) is 6.69. The maximum Gasteiger partial charge on any atom is 0.268 e. The van der Waals surface area contributed by atoms with Crippen LogP contribution < -0.4 is 4.90 Å². The van der Waals surface area contributed by atoms with Gasteiger partial charge in [-0.2, -0.15) is 10.5 Å². The molecular formula is C40H22N4O2. The number of nitriles is 2. The minimum atomic E-state index is -0.415. The van der Waals surface area contributed by atoms with E-state index in [1.54, 1.807) is 48.5 Å². The van der Waals surface area contributed by atoms with Gasteiger partial charge in [0.15, 0.2) is 0 Å². The molecule has 0 N–H and O–H groups in total. The third-order valence-electron chi connectivity index (χ3n) is 8.63. The highest BCUT2D eigenvalue weighted by atomic mass is 16.2. The van der Waals surface area contributed by atoms with E-state index >= 15 is 0 Å². The molecular weight excluding hydrogens is 568 g/mol. The largest absolute Gasteiger partial charge is 0.307 e. The summed E-state index contributed by atoms with van der Waals surface area (Å²) in [5, 5.41) is 22.0. The fourth-order valence-electron chi connectivity index (χ4n) is 6.69. The number of nitrogens with zero attached hydrogens (tertiary/aromatic N) is 4. The van der Waals surface area contributed by atoms with E-state index in [0.29, 0.717) is 33.6 Å². The van der Waals surface area contributed by atoms with E-state index in [9.17, 15) is 20.1 Å². The van der Waals surface area contributed by atoms with E-state index in [-0.39, 0.29) is 5.91 Å². The zero-order valence-corrected chi connectivity index (χ0v) is 24.3. The standard InChI is InChI=1S/C40H22N4O2/c41-23-25-11-4-6-15-28(25)30-17-8-19-32-33-20-9-18-31(29-16-7-5-12-26(29)24-42)38(33)44(37(30)32)35-22-10-21-34-36(35)40(46)43(39(34)45)27-13-2-1-3-14-27/h1-22H. The first-order valence-electron chi connectivity index (χ1n) is 14.7. The van der Waals surface area contributed by atoms with Crippen molar-refractivity contribution in [2.75, 3.05) is 4.90 Å². The van der Waals surface area contributed by atoms with Crippen LogP contribution in [-0.4, -0.2) is 16.4 Å². The van der Waals surface area contributed by atoms with Crippen LogP contribution in [-0.2, 0) is 0 Å². The molecule has 1 aliphatic rings. The summed E-state index contributed by atoms with van der Waals surface area (Å²) in [5.41, 5.74) is 7.35. The first-order chi connectivity index (χ1) is 22.6. The number of carbonyl (C=O) groups is 2. The van der Waals surface area contributed by atoms with E-state index in [2.05, 4.69) is 12.1 Å². The minimum absolute atomic E-state index is 0.293. The lowest BCUT2D eigenvalue weighted by Gasteiger charge is -2.17. The van der Waals surface area contributed by atoms with Gasteiger partial charge in [-0.15, -0.1) is 0 Å². The Morgan fingerprint density at radius 1 is 0.457 bits per heavy atom. The predicted molar refractivity (Wildman–Crippen MR) is 179 cm³/mol. The van der Waals surface area contributed by atoms with Crippen molar-refractivity contribution in [2.24, 2.45) is 0 Å². The van der Waals surface area contributed by atoms with E-state index in [1.165, 1.54) is 4.90 Å². The van der Waals surface area contributed by atoms with Gasteiger partial charge in [-0.05, 0) is 36.4 Å². The summed E-state index contributed by atoms with van der Waals surface area (Å²) in [6.45, 7) is 0. The number of rotatable bonds is 4. The fraction of sp³-hybridized carbons (Fsp3) is 0. The molecule has 0 saturated heterocycles.